The van der Waals surface area contributed by atoms with E-state index in [1.54, 1.807) is 6.20 Å². The quantitative estimate of drug-likeness (QED) is 0.744. The predicted molar refractivity (Wildman–Crippen MR) is 98.3 cm³/mol. The Labute approximate surface area is 142 Å². The zero-order valence-electron chi connectivity index (χ0n) is 14.1. The van der Waals surface area contributed by atoms with Crippen molar-refractivity contribution < 1.29 is 4.79 Å². The molecule has 1 aromatic heterocycles. The molecule has 1 heterocycles. The minimum Gasteiger partial charge on any atom is -0.322 e. The van der Waals surface area contributed by atoms with Gasteiger partial charge in [0.15, 0.2) is 0 Å². The molecular formula is C21H20N2O. The molecular weight excluding hydrogens is 296 g/mol. The molecule has 1 N–H and O–H groups in total. The molecule has 0 saturated heterocycles. The third kappa shape index (κ3) is 3.51. The number of aryl methyl sites for hydroxylation is 3. The molecule has 0 aliphatic heterocycles. The maximum Gasteiger partial charge on any atom is 0.255 e. The number of nitrogens with one attached hydrogen (secondary N) is 1. The Kier molecular flexibility index (Phi) is 4.43. The lowest BCUT2D eigenvalue weighted by Gasteiger charge is -2.10. The zero-order chi connectivity index (χ0) is 17.1. The summed E-state index contributed by atoms with van der Waals surface area (Å²) >= 11 is 0. The van der Waals surface area contributed by atoms with Crippen molar-refractivity contribution in [2.45, 2.75) is 20.8 Å². The summed E-state index contributed by atoms with van der Waals surface area (Å²) < 4.78 is 0. The highest BCUT2D eigenvalue weighted by Crippen LogP contribution is 2.20. The average molecular weight is 316 g/mol. The van der Waals surface area contributed by atoms with Gasteiger partial charge in [-0.15, -0.1) is 0 Å². The van der Waals surface area contributed by atoms with Crippen LogP contribution in [0.3, 0.4) is 0 Å². The second-order valence-electron chi connectivity index (χ2n) is 6.07. The number of hydrogen-bond donors (Lipinski definition) is 1. The van der Waals surface area contributed by atoms with Crippen LogP contribution < -0.4 is 5.32 Å². The summed E-state index contributed by atoms with van der Waals surface area (Å²) in [6.07, 6.45) is 1.80. The van der Waals surface area contributed by atoms with Gasteiger partial charge in [-0.25, -0.2) is 0 Å². The molecule has 0 aliphatic carbocycles. The van der Waals surface area contributed by atoms with Gasteiger partial charge in [-0.2, -0.15) is 0 Å². The highest BCUT2D eigenvalue weighted by Gasteiger charge is 2.08. The molecule has 3 heteroatoms. The Morgan fingerprint density at radius 1 is 0.875 bits per heavy atom. The number of aromatic nitrogens is 1. The summed E-state index contributed by atoms with van der Waals surface area (Å²) in [6.45, 7) is 6.07. The van der Waals surface area contributed by atoms with Crippen LogP contribution in [0.15, 0.2) is 60.8 Å². The molecule has 0 spiro atoms. The summed E-state index contributed by atoms with van der Waals surface area (Å²) in [5.41, 5.74) is 6.79. The number of benzene rings is 2. The van der Waals surface area contributed by atoms with Crippen molar-refractivity contribution in [2.75, 3.05) is 5.32 Å². The Hall–Kier alpha value is -2.94. The molecule has 0 bridgehead atoms. The molecule has 0 unspecified atom stereocenters. The lowest BCUT2D eigenvalue weighted by Crippen LogP contribution is -2.12. The van der Waals surface area contributed by atoms with E-state index < -0.39 is 0 Å². The minimum atomic E-state index is -0.106. The first-order chi connectivity index (χ1) is 11.5. The molecule has 24 heavy (non-hydrogen) atoms. The van der Waals surface area contributed by atoms with Crippen LogP contribution in [-0.4, -0.2) is 10.9 Å². The summed E-state index contributed by atoms with van der Waals surface area (Å²) in [5.74, 6) is -0.106. The SMILES string of the molecule is Cc1ccnc(-c2ccc(C(=O)Nc3ccc(C)cc3C)cc2)c1. The van der Waals surface area contributed by atoms with E-state index in [2.05, 4.69) is 16.4 Å². The Bertz CT molecular complexity index is 883. The van der Waals surface area contributed by atoms with Crippen molar-refractivity contribution >= 4 is 11.6 Å². The van der Waals surface area contributed by atoms with Gasteiger partial charge in [0.05, 0.1) is 5.69 Å². The fourth-order valence-corrected chi connectivity index (χ4v) is 2.63. The molecule has 3 rings (SSSR count). The molecule has 2 aromatic carbocycles. The number of pyridine rings is 1. The van der Waals surface area contributed by atoms with Crippen molar-refractivity contribution in [3.63, 3.8) is 0 Å². The first-order valence-corrected chi connectivity index (χ1v) is 7.94. The normalized spacial score (nSPS) is 10.5. The van der Waals surface area contributed by atoms with E-state index in [4.69, 9.17) is 0 Å². The predicted octanol–water partition coefficient (Wildman–Crippen LogP) is 4.93. The maximum absolute atomic E-state index is 12.4. The van der Waals surface area contributed by atoms with Crippen molar-refractivity contribution in [1.29, 1.82) is 0 Å². The lowest BCUT2D eigenvalue weighted by molar-refractivity contribution is 0.102. The highest BCUT2D eigenvalue weighted by atomic mass is 16.1. The van der Waals surface area contributed by atoms with Crippen LogP contribution in [0.2, 0.25) is 0 Å². The van der Waals surface area contributed by atoms with E-state index in [1.165, 1.54) is 5.56 Å². The molecule has 0 atom stereocenters. The van der Waals surface area contributed by atoms with Crippen molar-refractivity contribution in [3.05, 3.63) is 83.0 Å². The summed E-state index contributed by atoms with van der Waals surface area (Å²) in [4.78, 5) is 16.8. The van der Waals surface area contributed by atoms with Gasteiger partial charge in [0, 0.05) is 23.0 Å². The monoisotopic (exact) mass is 316 g/mol. The van der Waals surface area contributed by atoms with Crippen LogP contribution in [-0.2, 0) is 0 Å². The largest absolute Gasteiger partial charge is 0.322 e. The number of carbonyl (C=O) groups is 1. The molecule has 0 radical (unpaired) electrons. The van der Waals surface area contributed by atoms with Gasteiger partial charge in [-0.1, -0.05) is 29.8 Å². The van der Waals surface area contributed by atoms with E-state index in [0.717, 1.165) is 28.1 Å². The van der Waals surface area contributed by atoms with Crippen molar-refractivity contribution in [1.82, 2.24) is 4.98 Å². The fraction of sp³-hybridized carbons (Fsp3) is 0.143. The molecule has 0 saturated carbocycles. The molecule has 1 amide bonds. The van der Waals surface area contributed by atoms with Crippen LogP contribution in [0, 0.1) is 20.8 Å². The molecule has 3 nitrogen and oxygen atoms in total. The van der Waals surface area contributed by atoms with Gasteiger partial charge < -0.3 is 5.32 Å². The van der Waals surface area contributed by atoms with E-state index >= 15 is 0 Å². The van der Waals surface area contributed by atoms with E-state index in [1.807, 2.05) is 69.3 Å². The van der Waals surface area contributed by atoms with Crippen LogP contribution in [0.25, 0.3) is 11.3 Å². The molecule has 0 fully saturated rings. The third-order valence-corrected chi connectivity index (χ3v) is 3.99. The lowest BCUT2D eigenvalue weighted by atomic mass is 10.1. The Balaban J connectivity index is 1.79. The zero-order valence-corrected chi connectivity index (χ0v) is 14.1. The topological polar surface area (TPSA) is 42.0 Å². The van der Waals surface area contributed by atoms with Gasteiger partial charge in [0.25, 0.3) is 5.91 Å². The molecule has 3 aromatic rings. The second-order valence-corrected chi connectivity index (χ2v) is 6.07. The standard InChI is InChI=1S/C21H20N2O/c1-14-4-9-19(16(3)12-14)23-21(24)18-7-5-17(6-8-18)20-13-15(2)10-11-22-20/h4-13H,1-3H3,(H,23,24). The number of anilines is 1. The van der Waals surface area contributed by atoms with Crippen LogP contribution in [0.5, 0.6) is 0 Å². The fourth-order valence-electron chi connectivity index (χ4n) is 2.63. The van der Waals surface area contributed by atoms with Crippen LogP contribution in [0.1, 0.15) is 27.0 Å². The van der Waals surface area contributed by atoms with Gasteiger partial charge in [0.2, 0.25) is 0 Å². The Morgan fingerprint density at radius 2 is 1.58 bits per heavy atom. The average Bonchev–Trinajstić information content (AvgIpc) is 2.57. The van der Waals surface area contributed by atoms with Gasteiger partial charge >= 0.3 is 0 Å². The first-order valence-electron chi connectivity index (χ1n) is 7.94. The maximum atomic E-state index is 12.4. The number of hydrogen-bond acceptors (Lipinski definition) is 2. The summed E-state index contributed by atoms with van der Waals surface area (Å²) in [6, 6.07) is 17.5. The molecule has 0 aliphatic rings. The van der Waals surface area contributed by atoms with Crippen LogP contribution in [0.4, 0.5) is 5.69 Å². The van der Waals surface area contributed by atoms with Crippen molar-refractivity contribution in [3.8, 4) is 11.3 Å². The van der Waals surface area contributed by atoms with Gasteiger partial charge in [-0.05, 0) is 62.2 Å². The molecule has 120 valence electrons. The van der Waals surface area contributed by atoms with E-state index in [0.29, 0.717) is 5.56 Å². The third-order valence-electron chi connectivity index (χ3n) is 3.99. The first kappa shape index (κ1) is 15.9. The highest BCUT2D eigenvalue weighted by molar-refractivity contribution is 6.04. The van der Waals surface area contributed by atoms with Crippen LogP contribution >= 0.6 is 0 Å². The van der Waals surface area contributed by atoms with Crippen molar-refractivity contribution in [2.24, 2.45) is 0 Å². The van der Waals surface area contributed by atoms with Gasteiger partial charge in [-0.3, -0.25) is 9.78 Å². The summed E-state index contributed by atoms with van der Waals surface area (Å²) in [7, 11) is 0. The van der Waals surface area contributed by atoms with E-state index in [-0.39, 0.29) is 5.91 Å². The summed E-state index contributed by atoms with van der Waals surface area (Å²) in [5, 5.41) is 2.97. The second kappa shape index (κ2) is 6.67. The smallest absolute Gasteiger partial charge is 0.255 e. The number of carbonyl (C=O) groups excluding carboxylic acids is 1. The number of nitrogens with zero attached hydrogens (tertiary/aromatic N) is 1. The van der Waals surface area contributed by atoms with E-state index in [9.17, 15) is 4.79 Å². The number of amides is 1. The minimum absolute atomic E-state index is 0.106. The Morgan fingerprint density at radius 3 is 2.25 bits per heavy atom. The van der Waals surface area contributed by atoms with Gasteiger partial charge in [0.1, 0.15) is 0 Å². The number of rotatable bonds is 3.